The van der Waals surface area contributed by atoms with E-state index in [2.05, 4.69) is 5.32 Å². The number of ether oxygens (including phenoxy) is 1. The Bertz CT molecular complexity index is 1290. The molecule has 0 spiro atoms. The minimum absolute atomic E-state index is 0.0771. The van der Waals surface area contributed by atoms with Crippen molar-refractivity contribution < 1.29 is 26.7 Å². The van der Waals surface area contributed by atoms with E-state index in [0.29, 0.717) is 23.9 Å². The van der Waals surface area contributed by atoms with Crippen molar-refractivity contribution in [2.24, 2.45) is 0 Å². The number of anilines is 3. The van der Waals surface area contributed by atoms with Crippen molar-refractivity contribution in [3.05, 3.63) is 70.6 Å². The average Bonchev–Trinajstić information content (AvgIpc) is 3.35. The van der Waals surface area contributed by atoms with E-state index in [1.54, 1.807) is 17.5 Å². The zero-order valence-corrected chi connectivity index (χ0v) is 20.8. The van der Waals surface area contributed by atoms with E-state index in [9.17, 15) is 22.0 Å². The monoisotopic (exact) mass is 541 g/mol. The van der Waals surface area contributed by atoms with E-state index in [4.69, 9.17) is 16.3 Å². The summed E-state index contributed by atoms with van der Waals surface area (Å²) in [6.07, 6.45) is 0. The molecule has 1 aromatic heterocycles. The van der Waals surface area contributed by atoms with E-state index in [1.807, 2.05) is 0 Å². The van der Waals surface area contributed by atoms with Gasteiger partial charge in [0.15, 0.2) is 0 Å². The van der Waals surface area contributed by atoms with Crippen LogP contribution in [0.1, 0.15) is 10.4 Å². The third-order valence-electron chi connectivity index (χ3n) is 5.00. The maximum absolute atomic E-state index is 13.1. The molecule has 1 saturated heterocycles. The minimum atomic E-state index is -3.66. The number of thiophene rings is 1. The predicted molar refractivity (Wildman–Crippen MR) is 133 cm³/mol. The summed E-state index contributed by atoms with van der Waals surface area (Å²) < 4.78 is 55.2. The fraction of sp³-hybridized carbons (Fsp3) is 0.190. The first-order valence-electron chi connectivity index (χ1n) is 10.0. The highest BCUT2D eigenvalue weighted by Crippen LogP contribution is 2.35. The van der Waals surface area contributed by atoms with Crippen LogP contribution in [0.25, 0.3) is 0 Å². The largest absolute Gasteiger partial charge is 0.379 e. The lowest BCUT2D eigenvalue weighted by Gasteiger charge is -2.26. The molecular weight excluding hydrogens is 522 g/mol. The molecule has 2 heterocycles. The highest BCUT2D eigenvalue weighted by Gasteiger charge is 2.27. The number of sulfonamides is 1. The van der Waals surface area contributed by atoms with Crippen LogP contribution in [0.4, 0.5) is 16.4 Å². The van der Waals surface area contributed by atoms with E-state index in [0.717, 1.165) is 4.31 Å². The molecule has 1 atom stereocenters. The number of carbonyl (C=O) groups excluding carboxylic acids is 1. The second kappa shape index (κ2) is 10.5. The van der Waals surface area contributed by atoms with Gasteiger partial charge in [0.05, 0.1) is 29.4 Å². The fourth-order valence-corrected chi connectivity index (χ4v) is 6.47. The van der Waals surface area contributed by atoms with Gasteiger partial charge < -0.3 is 10.1 Å². The molecule has 1 amide bonds. The highest BCUT2D eigenvalue weighted by molar-refractivity contribution is 7.89. The highest BCUT2D eigenvalue weighted by atomic mass is 35.5. The van der Waals surface area contributed by atoms with Crippen LogP contribution in [-0.2, 0) is 26.0 Å². The van der Waals surface area contributed by atoms with Crippen LogP contribution < -0.4 is 9.62 Å². The molecule has 13 heteroatoms. The number of morpholine rings is 1. The lowest BCUT2D eigenvalue weighted by Crippen LogP contribution is -2.40. The first-order chi connectivity index (χ1) is 16.3. The lowest BCUT2D eigenvalue weighted by molar-refractivity contribution is 0.0730. The molecule has 0 saturated carbocycles. The summed E-state index contributed by atoms with van der Waals surface area (Å²) in [5.74, 6) is -0.576. The van der Waals surface area contributed by atoms with Crippen molar-refractivity contribution in [2.45, 2.75) is 4.90 Å². The number of carbonyl (C=O) groups is 1. The van der Waals surface area contributed by atoms with Crippen molar-refractivity contribution in [3.8, 4) is 0 Å². The Labute approximate surface area is 208 Å². The second-order valence-corrected chi connectivity index (χ2v) is 11.3. The van der Waals surface area contributed by atoms with Crippen LogP contribution in [0.5, 0.6) is 0 Å². The van der Waals surface area contributed by atoms with E-state index in [1.165, 1.54) is 58.1 Å². The Hall–Kier alpha value is -2.32. The van der Waals surface area contributed by atoms with Crippen LogP contribution in [0.3, 0.4) is 0 Å². The van der Waals surface area contributed by atoms with Crippen LogP contribution in [0.15, 0.2) is 64.9 Å². The zero-order chi connectivity index (χ0) is 24.3. The molecule has 1 aliphatic heterocycles. The van der Waals surface area contributed by atoms with E-state index in [-0.39, 0.29) is 34.3 Å². The topological polar surface area (TPSA) is 116 Å². The standard InChI is InChI=1S/C21H20ClN3O6S3/c22-15-3-8-19(25(33(27)28)20-2-1-13-32-20)18(14-15)21(26)23-16-4-6-17(7-5-16)34(29,30)24-9-11-31-12-10-24/h1-8,13-14H,9-12H2,(H,23,26)(H,27,28). The van der Waals surface area contributed by atoms with Crippen molar-refractivity contribution in [1.29, 1.82) is 0 Å². The molecule has 1 unspecified atom stereocenters. The summed E-state index contributed by atoms with van der Waals surface area (Å²) in [5.41, 5.74) is 0.620. The van der Waals surface area contributed by atoms with Gasteiger partial charge in [-0.05, 0) is 60.0 Å². The number of hydrogen-bond donors (Lipinski definition) is 2. The number of nitrogens with zero attached hydrogens (tertiary/aromatic N) is 2. The van der Waals surface area contributed by atoms with Crippen molar-refractivity contribution in [1.82, 2.24) is 4.31 Å². The first-order valence-corrected chi connectivity index (χ1v) is 13.8. The van der Waals surface area contributed by atoms with Gasteiger partial charge in [0, 0.05) is 23.8 Å². The lowest BCUT2D eigenvalue weighted by atomic mass is 10.1. The summed E-state index contributed by atoms with van der Waals surface area (Å²) in [6, 6.07) is 13.6. The normalized spacial score (nSPS) is 15.6. The molecular formula is C21H20ClN3O6S3. The molecule has 0 aliphatic carbocycles. The Morgan fingerprint density at radius 3 is 2.47 bits per heavy atom. The molecule has 9 nitrogen and oxygen atoms in total. The van der Waals surface area contributed by atoms with Gasteiger partial charge in [-0.3, -0.25) is 9.35 Å². The van der Waals surface area contributed by atoms with Crippen LogP contribution >= 0.6 is 22.9 Å². The summed E-state index contributed by atoms with van der Waals surface area (Å²) in [5, 5.41) is 5.18. The smallest absolute Gasteiger partial charge is 0.267 e. The number of amides is 1. The molecule has 4 rings (SSSR count). The third kappa shape index (κ3) is 5.33. The molecule has 2 N–H and O–H groups in total. The van der Waals surface area contributed by atoms with Crippen LogP contribution in [0, 0.1) is 0 Å². The van der Waals surface area contributed by atoms with Crippen LogP contribution in [-0.4, -0.2) is 53.7 Å². The summed E-state index contributed by atoms with van der Waals surface area (Å²) in [6.45, 7) is 1.25. The van der Waals surface area contributed by atoms with Crippen molar-refractivity contribution in [2.75, 3.05) is 35.9 Å². The van der Waals surface area contributed by atoms with Crippen LogP contribution in [0.2, 0.25) is 5.02 Å². The number of nitrogens with one attached hydrogen (secondary N) is 1. The quantitative estimate of drug-likeness (QED) is 0.437. The molecule has 180 valence electrons. The van der Waals surface area contributed by atoms with Gasteiger partial charge in [-0.15, -0.1) is 11.3 Å². The predicted octanol–water partition coefficient (Wildman–Crippen LogP) is 3.95. The summed E-state index contributed by atoms with van der Waals surface area (Å²) in [7, 11) is -3.66. The molecule has 34 heavy (non-hydrogen) atoms. The summed E-state index contributed by atoms with van der Waals surface area (Å²) in [4.78, 5) is 13.2. The van der Waals surface area contributed by atoms with Crippen molar-refractivity contribution >= 4 is 66.5 Å². The number of hydrogen-bond acceptors (Lipinski definition) is 6. The van der Waals surface area contributed by atoms with Gasteiger partial charge in [0.2, 0.25) is 10.0 Å². The number of benzene rings is 2. The van der Waals surface area contributed by atoms with Gasteiger partial charge in [-0.2, -0.15) is 4.31 Å². The summed E-state index contributed by atoms with van der Waals surface area (Å²) >= 11 is 4.90. The third-order valence-corrected chi connectivity index (χ3v) is 8.83. The molecule has 1 fully saturated rings. The van der Waals surface area contributed by atoms with E-state index >= 15 is 0 Å². The average molecular weight is 542 g/mol. The zero-order valence-electron chi connectivity index (χ0n) is 17.6. The van der Waals surface area contributed by atoms with Gasteiger partial charge in [0.1, 0.15) is 5.00 Å². The molecule has 1 aliphatic rings. The van der Waals surface area contributed by atoms with E-state index < -0.39 is 27.2 Å². The molecule has 0 radical (unpaired) electrons. The van der Waals surface area contributed by atoms with Gasteiger partial charge in [-0.25, -0.2) is 16.9 Å². The number of halogens is 1. The number of rotatable bonds is 7. The maximum atomic E-state index is 13.1. The minimum Gasteiger partial charge on any atom is -0.379 e. The first kappa shape index (κ1) is 24.8. The van der Waals surface area contributed by atoms with Gasteiger partial charge >= 0.3 is 0 Å². The maximum Gasteiger partial charge on any atom is 0.267 e. The molecule has 3 aromatic rings. The molecule has 0 bridgehead atoms. The Morgan fingerprint density at radius 2 is 1.85 bits per heavy atom. The Kier molecular flexibility index (Phi) is 7.67. The molecule has 2 aromatic carbocycles. The van der Waals surface area contributed by atoms with Gasteiger partial charge in [0.25, 0.3) is 17.2 Å². The Morgan fingerprint density at radius 1 is 1.15 bits per heavy atom. The SMILES string of the molecule is O=C(Nc1ccc(S(=O)(=O)N2CCOCC2)cc1)c1cc(Cl)ccc1N(c1cccs1)S(=O)O. The fourth-order valence-electron chi connectivity index (χ4n) is 3.38. The second-order valence-electron chi connectivity index (χ2n) is 7.13. The Balaban J connectivity index is 1.59. The van der Waals surface area contributed by atoms with Gasteiger partial charge in [-0.1, -0.05) is 11.6 Å². The van der Waals surface area contributed by atoms with Crippen molar-refractivity contribution in [3.63, 3.8) is 0 Å².